The van der Waals surface area contributed by atoms with Gasteiger partial charge in [0.05, 0.1) is 6.54 Å². The van der Waals surface area contributed by atoms with Crippen LogP contribution in [-0.2, 0) is 13.0 Å². The highest BCUT2D eigenvalue weighted by molar-refractivity contribution is 6.31. The average Bonchev–Trinajstić information content (AvgIpc) is 2.42. The molecule has 1 aromatic heterocycles. The molecule has 1 aromatic carbocycles. The number of benzene rings is 1. The number of fused-ring (bicyclic) bond motifs is 1. The normalized spacial score (nSPS) is 14.1. The number of halogens is 1. The fourth-order valence-corrected chi connectivity index (χ4v) is 2.95. The first-order valence-electron chi connectivity index (χ1n) is 6.83. The molecule has 0 radical (unpaired) electrons. The maximum absolute atomic E-state index is 6.26. The van der Waals surface area contributed by atoms with Crippen LogP contribution in [0.2, 0.25) is 5.02 Å². The van der Waals surface area contributed by atoms with Crippen molar-refractivity contribution in [1.82, 2.24) is 15.0 Å². The van der Waals surface area contributed by atoms with Crippen LogP contribution in [0.4, 0.5) is 17.6 Å². The van der Waals surface area contributed by atoms with E-state index in [2.05, 4.69) is 25.9 Å². The molecule has 110 valence electrons. The van der Waals surface area contributed by atoms with Crippen molar-refractivity contribution in [2.24, 2.45) is 0 Å². The van der Waals surface area contributed by atoms with E-state index in [1.165, 1.54) is 11.3 Å². The number of nitrogens with zero attached hydrogens (tertiary/aromatic N) is 4. The highest BCUT2D eigenvalue weighted by Gasteiger charge is 2.21. The Morgan fingerprint density at radius 1 is 1.19 bits per heavy atom. The van der Waals surface area contributed by atoms with Crippen LogP contribution in [0.15, 0.2) is 12.1 Å². The summed E-state index contributed by atoms with van der Waals surface area (Å²) in [5.74, 6) is 0.877. The summed E-state index contributed by atoms with van der Waals surface area (Å²) in [6.45, 7) is 3.51. The zero-order valence-corrected chi connectivity index (χ0v) is 12.6. The van der Waals surface area contributed by atoms with Gasteiger partial charge in [0, 0.05) is 17.3 Å². The molecule has 0 unspecified atom stereocenters. The molecule has 21 heavy (non-hydrogen) atoms. The lowest BCUT2D eigenvalue weighted by Crippen LogP contribution is -2.30. The Morgan fingerprint density at radius 3 is 2.62 bits per heavy atom. The molecule has 1 aliphatic heterocycles. The number of hydrogen-bond donors (Lipinski definition) is 2. The van der Waals surface area contributed by atoms with E-state index in [0.29, 0.717) is 12.4 Å². The monoisotopic (exact) mass is 304 g/mol. The standard InChI is InChI=1S/C14H17ClN6/c1-8-10(15)5-4-9-3-2-6-21(12(8)9)7-11-18-13(16)20-14(17)19-11/h4-5H,2-3,6-7H2,1H3,(H4,16,17,18,19,20). The van der Waals surface area contributed by atoms with E-state index < -0.39 is 0 Å². The summed E-state index contributed by atoms with van der Waals surface area (Å²) < 4.78 is 0. The van der Waals surface area contributed by atoms with Crippen LogP contribution in [0, 0.1) is 6.92 Å². The van der Waals surface area contributed by atoms with E-state index in [1.807, 2.05) is 13.0 Å². The molecule has 2 aromatic rings. The molecule has 0 amide bonds. The van der Waals surface area contributed by atoms with Crippen LogP contribution in [0.1, 0.15) is 23.4 Å². The zero-order valence-electron chi connectivity index (χ0n) is 11.8. The first kappa shape index (κ1) is 13.9. The summed E-state index contributed by atoms with van der Waals surface area (Å²) in [7, 11) is 0. The number of hydrogen-bond acceptors (Lipinski definition) is 6. The molecule has 0 atom stereocenters. The Kier molecular flexibility index (Phi) is 3.55. The molecule has 0 saturated carbocycles. The predicted molar refractivity (Wildman–Crippen MR) is 84.2 cm³/mol. The number of nitrogens with two attached hydrogens (primary N) is 2. The SMILES string of the molecule is Cc1c(Cl)ccc2c1N(Cc1nc(N)nc(N)n1)CCC2. The summed E-state index contributed by atoms with van der Waals surface area (Å²) in [5, 5.41) is 0.773. The van der Waals surface area contributed by atoms with Gasteiger partial charge in [-0.2, -0.15) is 15.0 Å². The van der Waals surface area contributed by atoms with Crippen molar-refractivity contribution >= 4 is 29.2 Å². The van der Waals surface area contributed by atoms with Gasteiger partial charge in [-0.15, -0.1) is 0 Å². The van der Waals surface area contributed by atoms with Crippen molar-refractivity contribution in [2.45, 2.75) is 26.3 Å². The summed E-state index contributed by atoms with van der Waals surface area (Å²) in [4.78, 5) is 14.3. The van der Waals surface area contributed by atoms with Gasteiger partial charge in [0.2, 0.25) is 11.9 Å². The molecule has 0 bridgehead atoms. The van der Waals surface area contributed by atoms with Gasteiger partial charge in [0.15, 0.2) is 5.82 Å². The molecule has 0 aliphatic carbocycles. The van der Waals surface area contributed by atoms with Crippen LogP contribution < -0.4 is 16.4 Å². The first-order valence-corrected chi connectivity index (χ1v) is 7.21. The van der Waals surface area contributed by atoms with Gasteiger partial charge < -0.3 is 16.4 Å². The van der Waals surface area contributed by atoms with Crippen LogP contribution in [0.3, 0.4) is 0 Å². The largest absolute Gasteiger partial charge is 0.368 e. The van der Waals surface area contributed by atoms with Crippen molar-refractivity contribution in [3.63, 3.8) is 0 Å². The van der Waals surface area contributed by atoms with Crippen molar-refractivity contribution in [2.75, 3.05) is 22.9 Å². The number of anilines is 3. The van der Waals surface area contributed by atoms with Gasteiger partial charge in [0.1, 0.15) is 0 Å². The van der Waals surface area contributed by atoms with Gasteiger partial charge in [-0.1, -0.05) is 17.7 Å². The minimum Gasteiger partial charge on any atom is -0.368 e. The molecule has 2 heterocycles. The third-order valence-corrected chi connectivity index (χ3v) is 4.10. The molecule has 0 fully saturated rings. The highest BCUT2D eigenvalue weighted by Crippen LogP contribution is 2.35. The maximum atomic E-state index is 6.26. The van der Waals surface area contributed by atoms with Crippen LogP contribution in [-0.4, -0.2) is 21.5 Å². The van der Waals surface area contributed by atoms with Crippen molar-refractivity contribution < 1.29 is 0 Å². The number of aryl methyl sites for hydroxylation is 1. The second kappa shape index (κ2) is 5.37. The topological polar surface area (TPSA) is 94.0 Å². The fourth-order valence-electron chi connectivity index (χ4n) is 2.80. The number of rotatable bonds is 2. The number of nitrogen functional groups attached to an aromatic ring is 2. The first-order chi connectivity index (χ1) is 10.0. The molecule has 1 aliphatic rings. The maximum Gasteiger partial charge on any atom is 0.225 e. The molecular formula is C14H17ClN6. The predicted octanol–water partition coefficient (Wildman–Crippen LogP) is 1.95. The zero-order chi connectivity index (χ0) is 15.0. The van der Waals surface area contributed by atoms with E-state index >= 15 is 0 Å². The van der Waals surface area contributed by atoms with Crippen molar-refractivity contribution in [3.05, 3.63) is 34.1 Å². The fraction of sp³-hybridized carbons (Fsp3) is 0.357. The summed E-state index contributed by atoms with van der Waals surface area (Å²) in [6.07, 6.45) is 2.15. The Balaban J connectivity index is 1.97. The Bertz CT molecular complexity index is 667. The van der Waals surface area contributed by atoms with Gasteiger partial charge in [-0.05, 0) is 37.0 Å². The van der Waals surface area contributed by atoms with E-state index in [4.69, 9.17) is 23.1 Å². The second-order valence-electron chi connectivity index (χ2n) is 5.17. The highest BCUT2D eigenvalue weighted by atomic mass is 35.5. The van der Waals surface area contributed by atoms with E-state index in [0.717, 1.165) is 30.0 Å². The van der Waals surface area contributed by atoms with Gasteiger partial charge in [-0.3, -0.25) is 0 Å². The van der Waals surface area contributed by atoms with Crippen LogP contribution in [0.5, 0.6) is 0 Å². The van der Waals surface area contributed by atoms with Crippen molar-refractivity contribution in [1.29, 1.82) is 0 Å². The molecule has 6 nitrogen and oxygen atoms in total. The van der Waals surface area contributed by atoms with Gasteiger partial charge >= 0.3 is 0 Å². The summed E-state index contributed by atoms with van der Waals surface area (Å²) >= 11 is 6.26. The quantitative estimate of drug-likeness (QED) is 0.880. The third kappa shape index (κ3) is 2.71. The molecular weight excluding hydrogens is 288 g/mol. The second-order valence-corrected chi connectivity index (χ2v) is 5.58. The molecule has 3 rings (SSSR count). The lowest BCUT2D eigenvalue weighted by Gasteiger charge is -2.32. The Hall–Kier alpha value is -2.08. The molecule has 0 saturated heterocycles. The van der Waals surface area contributed by atoms with Crippen LogP contribution >= 0.6 is 11.6 Å². The average molecular weight is 305 g/mol. The smallest absolute Gasteiger partial charge is 0.225 e. The van der Waals surface area contributed by atoms with E-state index in [1.54, 1.807) is 0 Å². The molecule has 7 heteroatoms. The minimum atomic E-state index is 0.151. The lowest BCUT2D eigenvalue weighted by atomic mass is 9.98. The summed E-state index contributed by atoms with van der Waals surface area (Å²) in [5.41, 5.74) is 14.8. The Morgan fingerprint density at radius 2 is 1.90 bits per heavy atom. The minimum absolute atomic E-state index is 0.151. The Labute approximate surface area is 128 Å². The van der Waals surface area contributed by atoms with Gasteiger partial charge in [0.25, 0.3) is 0 Å². The van der Waals surface area contributed by atoms with Crippen LogP contribution in [0.25, 0.3) is 0 Å². The van der Waals surface area contributed by atoms with Gasteiger partial charge in [-0.25, -0.2) is 0 Å². The van der Waals surface area contributed by atoms with E-state index in [9.17, 15) is 0 Å². The molecule has 4 N–H and O–H groups in total. The summed E-state index contributed by atoms with van der Waals surface area (Å²) in [6, 6.07) is 4.05. The lowest BCUT2D eigenvalue weighted by molar-refractivity contribution is 0.670. The third-order valence-electron chi connectivity index (χ3n) is 3.69. The molecule has 0 spiro atoms. The van der Waals surface area contributed by atoms with Crippen molar-refractivity contribution in [3.8, 4) is 0 Å². The van der Waals surface area contributed by atoms with E-state index in [-0.39, 0.29) is 11.9 Å². The number of aromatic nitrogens is 3.